The number of hydrogen-bond donors (Lipinski definition) is 1. The van der Waals surface area contributed by atoms with Gasteiger partial charge in [0.2, 0.25) is 0 Å². The van der Waals surface area contributed by atoms with Gasteiger partial charge in [-0.15, -0.1) is 0 Å². The zero-order valence-electron chi connectivity index (χ0n) is 21.3. The minimum atomic E-state index is 0. The molecule has 3 nitrogen and oxygen atoms in total. The van der Waals surface area contributed by atoms with E-state index in [0.29, 0.717) is 0 Å². The van der Waals surface area contributed by atoms with Crippen molar-refractivity contribution in [3.8, 4) is 5.69 Å². The summed E-state index contributed by atoms with van der Waals surface area (Å²) in [6, 6.07) is 48.8. The number of rotatable bonds is 1. The Kier molecular flexibility index (Phi) is 5.46. The van der Waals surface area contributed by atoms with Crippen LogP contribution in [0.25, 0.3) is 65.6 Å². The Bertz CT molecular complexity index is 2170. The zero-order chi connectivity index (χ0) is 25.9. The summed E-state index contributed by atoms with van der Waals surface area (Å²) in [7, 11) is 0. The van der Waals surface area contributed by atoms with Crippen molar-refractivity contribution in [1.82, 2.24) is 8.97 Å². The van der Waals surface area contributed by atoms with E-state index in [0.717, 1.165) is 11.4 Å². The Morgan fingerprint density at radius 1 is 0.400 bits per heavy atom. The quantitative estimate of drug-likeness (QED) is 0.216. The van der Waals surface area contributed by atoms with Crippen molar-refractivity contribution in [3.63, 3.8) is 0 Å². The van der Waals surface area contributed by atoms with Crippen LogP contribution in [0.5, 0.6) is 0 Å². The molecule has 6 aromatic carbocycles. The topological polar surface area (TPSA) is 35.4 Å². The first-order valence-corrected chi connectivity index (χ1v) is 13.3. The lowest BCUT2D eigenvalue weighted by Crippen LogP contribution is -1.98. The number of aromatic nitrogens is 2. The van der Waals surface area contributed by atoms with Gasteiger partial charge in [0, 0.05) is 33.7 Å². The summed E-state index contributed by atoms with van der Waals surface area (Å²) in [6.45, 7) is 0. The summed E-state index contributed by atoms with van der Waals surface area (Å²) in [5.74, 6) is 0. The smallest absolute Gasteiger partial charge is 0.0691 e. The van der Waals surface area contributed by atoms with Crippen molar-refractivity contribution in [2.24, 2.45) is 0 Å². The second kappa shape index (κ2) is 9.18. The molecule has 3 heterocycles. The van der Waals surface area contributed by atoms with E-state index in [9.17, 15) is 0 Å². The molecule has 9 rings (SSSR count). The molecule has 2 N–H and O–H groups in total. The molecule has 0 atom stereocenters. The van der Waals surface area contributed by atoms with E-state index in [1.807, 2.05) is 18.2 Å². The molecular weight excluding hydrogens is 486 g/mol. The maximum absolute atomic E-state index is 6.17. The zero-order valence-corrected chi connectivity index (χ0v) is 21.3. The predicted molar refractivity (Wildman–Crippen MR) is 175 cm³/mol. The van der Waals surface area contributed by atoms with Crippen molar-refractivity contribution in [1.29, 1.82) is 0 Å². The van der Waals surface area contributed by atoms with Crippen molar-refractivity contribution in [2.45, 2.75) is 7.43 Å². The fourth-order valence-corrected chi connectivity index (χ4v) is 6.26. The standard InChI is InChI=1S/C18H14N2.C18H11N.CH4.H2/c19-15-9-3-6-12-18(15)20-16-10-4-1-7-13(16)14-8-2-5-11-17(14)20;1-3-10-16-12(6-1)14-8-5-9-15-13-7-2-4-11-17(13)19(16)18(14)15;;/h1-12H,19H2;1-11H;1H4;1H/i;;;1+1. The molecule has 0 aliphatic carbocycles. The Balaban J connectivity index is 0.000000141. The van der Waals surface area contributed by atoms with Crippen molar-refractivity contribution >= 4 is 65.6 Å². The van der Waals surface area contributed by atoms with E-state index in [-0.39, 0.29) is 8.85 Å². The number of benzene rings is 6. The van der Waals surface area contributed by atoms with E-state index in [2.05, 4.69) is 130 Å². The summed E-state index contributed by atoms with van der Waals surface area (Å²) in [6.07, 6.45) is 0. The van der Waals surface area contributed by atoms with Gasteiger partial charge in [0.05, 0.1) is 39.0 Å². The van der Waals surface area contributed by atoms with Crippen LogP contribution in [0, 0.1) is 0 Å². The fraction of sp³-hybridized carbons (Fsp3) is 0.0270. The van der Waals surface area contributed by atoms with Gasteiger partial charge in [-0.2, -0.15) is 0 Å². The van der Waals surface area contributed by atoms with E-state index in [1.165, 1.54) is 59.9 Å². The SMILES string of the molecule is C.Nc1ccccc1-n1c2ccccc2c2ccccc21.[2HH].c1ccc2c(c1)c1cccc3c4ccccc4n2c13. The van der Waals surface area contributed by atoms with E-state index < -0.39 is 0 Å². The maximum atomic E-state index is 6.17. The number of nitrogen functional groups attached to an aromatic ring is 1. The molecule has 194 valence electrons. The highest BCUT2D eigenvalue weighted by Crippen LogP contribution is 2.38. The van der Waals surface area contributed by atoms with Gasteiger partial charge in [-0.1, -0.05) is 111 Å². The molecule has 9 aromatic rings. The van der Waals surface area contributed by atoms with Gasteiger partial charge in [-0.05, 0) is 36.4 Å². The van der Waals surface area contributed by atoms with Crippen molar-refractivity contribution in [2.75, 3.05) is 5.73 Å². The molecule has 0 radical (unpaired) electrons. The Morgan fingerprint density at radius 3 is 1.27 bits per heavy atom. The molecule has 0 unspecified atom stereocenters. The van der Waals surface area contributed by atoms with Crippen LogP contribution in [0.4, 0.5) is 5.69 Å². The highest BCUT2D eigenvalue weighted by molar-refractivity contribution is 6.23. The summed E-state index contributed by atoms with van der Waals surface area (Å²) in [4.78, 5) is 0. The van der Waals surface area contributed by atoms with Crippen LogP contribution in [0.3, 0.4) is 0 Å². The van der Waals surface area contributed by atoms with E-state index >= 15 is 0 Å². The first-order valence-electron chi connectivity index (χ1n) is 13.3. The molecule has 0 saturated heterocycles. The van der Waals surface area contributed by atoms with Gasteiger partial charge < -0.3 is 14.7 Å². The summed E-state index contributed by atoms with van der Waals surface area (Å²) in [5, 5.41) is 7.90. The summed E-state index contributed by atoms with van der Waals surface area (Å²) >= 11 is 0. The number of nitrogens with zero attached hydrogens (tertiary/aromatic N) is 2. The van der Waals surface area contributed by atoms with Crippen LogP contribution in [-0.4, -0.2) is 8.97 Å². The fourth-order valence-electron chi connectivity index (χ4n) is 6.26. The predicted octanol–water partition coefficient (Wildman–Crippen LogP) is 10.1. The summed E-state index contributed by atoms with van der Waals surface area (Å²) in [5.41, 5.74) is 14.3. The molecule has 3 aromatic heterocycles. The van der Waals surface area contributed by atoms with Crippen LogP contribution in [-0.2, 0) is 0 Å². The van der Waals surface area contributed by atoms with Crippen LogP contribution >= 0.6 is 0 Å². The highest BCUT2D eigenvalue weighted by atomic mass is 15.0. The minimum absolute atomic E-state index is 0. The average molecular weight is 519 g/mol. The molecule has 0 aliphatic heterocycles. The largest absolute Gasteiger partial charge is 0.397 e. The first-order chi connectivity index (χ1) is 19.3. The second-order valence-electron chi connectivity index (χ2n) is 10.00. The molecule has 0 fully saturated rings. The van der Waals surface area contributed by atoms with Crippen LogP contribution < -0.4 is 5.73 Å². The number of nitrogens with two attached hydrogens (primary N) is 1. The van der Waals surface area contributed by atoms with Gasteiger partial charge in [0.1, 0.15) is 0 Å². The van der Waals surface area contributed by atoms with E-state index in [4.69, 9.17) is 5.73 Å². The number of para-hydroxylation sites is 7. The number of anilines is 1. The molecule has 0 saturated carbocycles. The Morgan fingerprint density at radius 2 is 0.775 bits per heavy atom. The van der Waals surface area contributed by atoms with Crippen LogP contribution in [0.15, 0.2) is 140 Å². The number of hydrogen-bond acceptors (Lipinski definition) is 1. The van der Waals surface area contributed by atoms with Gasteiger partial charge in [-0.25, -0.2) is 0 Å². The number of fused-ring (bicyclic) bond motifs is 9. The molecule has 0 bridgehead atoms. The minimum Gasteiger partial charge on any atom is -0.397 e. The van der Waals surface area contributed by atoms with Crippen LogP contribution in [0.2, 0.25) is 0 Å². The molecular formula is C37H31N3. The van der Waals surface area contributed by atoms with Gasteiger partial charge in [0.25, 0.3) is 0 Å². The lowest BCUT2D eigenvalue weighted by atomic mass is 10.1. The molecule has 0 aliphatic rings. The highest BCUT2D eigenvalue weighted by Gasteiger charge is 2.16. The molecule has 40 heavy (non-hydrogen) atoms. The average Bonchev–Trinajstić information content (AvgIpc) is 3.63. The summed E-state index contributed by atoms with van der Waals surface area (Å²) < 4.78 is 4.63. The van der Waals surface area contributed by atoms with Crippen molar-refractivity contribution < 1.29 is 1.43 Å². The molecule has 3 heteroatoms. The van der Waals surface area contributed by atoms with Gasteiger partial charge in [-0.3, -0.25) is 0 Å². The second-order valence-corrected chi connectivity index (χ2v) is 10.00. The Labute approximate surface area is 234 Å². The third-order valence-electron chi connectivity index (χ3n) is 7.89. The lowest BCUT2D eigenvalue weighted by Gasteiger charge is -2.10. The Hall–Kier alpha value is -5.28. The van der Waals surface area contributed by atoms with Crippen LogP contribution in [0.1, 0.15) is 8.85 Å². The van der Waals surface area contributed by atoms with Crippen molar-refractivity contribution in [3.05, 3.63) is 140 Å². The maximum Gasteiger partial charge on any atom is 0.0691 e. The van der Waals surface area contributed by atoms with Gasteiger partial charge >= 0.3 is 0 Å². The monoisotopic (exact) mass is 518 g/mol. The van der Waals surface area contributed by atoms with Gasteiger partial charge in [0.15, 0.2) is 0 Å². The van der Waals surface area contributed by atoms with E-state index in [1.54, 1.807) is 0 Å². The molecule has 0 amide bonds. The lowest BCUT2D eigenvalue weighted by molar-refractivity contribution is 1.18. The third-order valence-corrected chi connectivity index (χ3v) is 7.89. The molecule has 0 spiro atoms. The third kappa shape index (κ3) is 3.31. The normalized spacial score (nSPS) is 11.4. The first kappa shape index (κ1) is 23.8.